The standard InChI is InChI=1S/C13H12N4S/c14-13(18)17-16-12(10-4-2-1-3-5-10)11-6-8-15-9-7-11/h1-9H,(H3,14,17,18). The summed E-state index contributed by atoms with van der Waals surface area (Å²) in [6, 6.07) is 13.6. The zero-order valence-electron chi connectivity index (χ0n) is 9.58. The second kappa shape index (κ2) is 5.88. The molecule has 0 aliphatic rings. The number of pyridine rings is 1. The van der Waals surface area contributed by atoms with Crippen LogP contribution in [0.1, 0.15) is 11.1 Å². The maximum Gasteiger partial charge on any atom is 0.184 e. The third kappa shape index (κ3) is 3.11. The Labute approximate surface area is 111 Å². The molecule has 0 amide bonds. The number of rotatable bonds is 3. The number of hydrazone groups is 1. The third-order valence-corrected chi connectivity index (χ3v) is 2.37. The smallest absolute Gasteiger partial charge is 0.184 e. The predicted molar refractivity (Wildman–Crippen MR) is 76.2 cm³/mol. The summed E-state index contributed by atoms with van der Waals surface area (Å²) in [7, 11) is 0. The normalized spacial score (nSPS) is 11.0. The van der Waals surface area contributed by atoms with Crippen molar-refractivity contribution < 1.29 is 0 Å². The van der Waals surface area contributed by atoms with Crippen LogP contribution >= 0.6 is 12.2 Å². The summed E-state index contributed by atoms with van der Waals surface area (Å²) in [5, 5.41) is 4.37. The number of nitrogens with zero attached hydrogens (tertiary/aromatic N) is 2. The molecular formula is C13H12N4S. The van der Waals surface area contributed by atoms with Crippen LogP contribution in [0, 0.1) is 0 Å². The van der Waals surface area contributed by atoms with Gasteiger partial charge in [0.05, 0.1) is 5.71 Å². The van der Waals surface area contributed by atoms with E-state index in [9.17, 15) is 0 Å². The van der Waals surface area contributed by atoms with Crippen molar-refractivity contribution in [1.82, 2.24) is 10.4 Å². The van der Waals surface area contributed by atoms with Crippen molar-refractivity contribution in [2.75, 3.05) is 0 Å². The first-order valence-corrected chi connectivity index (χ1v) is 5.77. The Hall–Kier alpha value is -2.27. The monoisotopic (exact) mass is 256 g/mol. The van der Waals surface area contributed by atoms with Gasteiger partial charge in [0.2, 0.25) is 0 Å². The summed E-state index contributed by atoms with van der Waals surface area (Å²) in [5.41, 5.74) is 10.7. The number of nitrogens with two attached hydrogens (primary N) is 1. The van der Waals surface area contributed by atoms with Crippen molar-refractivity contribution >= 4 is 23.0 Å². The van der Waals surface area contributed by atoms with Gasteiger partial charge in [0.1, 0.15) is 0 Å². The molecule has 0 atom stereocenters. The van der Waals surface area contributed by atoms with Crippen LogP contribution in [0.3, 0.4) is 0 Å². The van der Waals surface area contributed by atoms with Gasteiger partial charge >= 0.3 is 0 Å². The number of benzene rings is 1. The molecule has 2 aromatic rings. The first kappa shape index (κ1) is 12.2. The van der Waals surface area contributed by atoms with Gasteiger partial charge in [0, 0.05) is 23.5 Å². The third-order valence-electron chi connectivity index (χ3n) is 2.28. The summed E-state index contributed by atoms with van der Waals surface area (Å²) >= 11 is 4.76. The van der Waals surface area contributed by atoms with E-state index in [2.05, 4.69) is 15.5 Å². The number of nitrogens with one attached hydrogen (secondary N) is 1. The van der Waals surface area contributed by atoms with Crippen molar-refractivity contribution in [3.8, 4) is 0 Å². The zero-order chi connectivity index (χ0) is 12.8. The lowest BCUT2D eigenvalue weighted by molar-refractivity contribution is 1.03. The number of hydrogen-bond donors (Lipinski definition) is 2. The molecule has 0 aliphatic carbocycles. The molecule has 0 saturated carbocycles. The van der Waals surface area contributed by atoms with Crippen LogP contribution in [0.15, 0.2) is 60.0 Å². The molecule has 0 aliphatic heterocycles. The Morgan fingerprint density at radius 1 is 1.06 bits per heavy atom. The van der Waals surface area contributed by atoms with Crippen molar-refractivity contribution in [1.29, 1.82) is 0 Å². The summed E-state index contributed by atoms with van der Waals surface area (Å²) < 4.78 is 0. The van der Waals surface area contributed by atoms with Crippen molar-refractivity contribution in [3.63, 3.8) is 0 Å². The fourth-order valence-electron chi connectivity index (χ4n) is 1.51. The van der Waals surface area contributed by atoms with Gasteiger partial charge in [-0.25, -0.2) is 0 Å². The lowest BCUT2D eigenvalue weighted by atomic mass is 10.0. The van der Waals surface area contributed by atoms with E-state index in [1.54, 1.807) is 12.4 Å². The lowest BCUT2D eigenvalue weighted by Gasteiger charge is -2.07. The Morgan fingerprint density at radius 2 is 1.67 bits per heavy atom. The van der Waals surface area contributed by atoms with Crippen molar-refractivity contribution in [2.45, 2.75) is 0 Å². The molecule has 1 aromatic heterocycles. The Kier molecular flexibility index (Phi) is 3.98. The molecule has 0 fully saturated rings. The summed E-state index contributed by atoms with van der Waals surface area (Å²) in [4.78, 5) is 3.99. The molecule has 0 saturated heterocycles. The molecule has 5 heteroatoms. The van der Waals surface area contributed by atoms with Crippen LogP contribution in [0.2, 0.25) is 0 Å². The average molecular weight is 256 g/mol. The van der Waals surface area contributed by atoms with E-state index in [0.29, 0.717) is 0 Å². The van der Waals surface area contributed by atoms with Crippen molar-refractivity contribution in [3.05, 3.63) is 66.0 Å². The Balaban J connectivity index is 2.42. The average Bonchev–Trinajstić information content (AvgIpc) is 2.41. The number of hydrogen-bond acceptors (Lipinski definition) is 3. The first-order chi connectivity index (χ1) is 8.77. The molecule has 18 heavy (non-hydrogen) atoms. The molecule has 3 N–H and O–H groups in total. The Morgan fingerprint density at radius 3 is 2.28 bits per heavy atom. The first-order valence-electron chi connectivity index (χ1n) is 5.36. The highest BCUT2D eigenvalue weighted by molar-refractivity contribution is 7.80. The molecule has 1 aromatic carbocycles. The van der Waals surface area contributed by atoms with Gasteiger partial charge in [-0.3, -0.25) is 10.4 Å². The van der Waals surface area contributed by atoms with Crippen LogP contribution in [-0.2, 0) is 0 Å². The summed E-state index contributed by atoms with van der Waals surface area (Å²) in [5.74, 6) is 0. The SMILES string of the molecule is NC(=S)NN=C(c1ccccc1)c1ccncc1. The van der Waals surface area contributed by atoms with E-state index >= 15 is 0 Å². The van der Waals surface area contributed by atoms with Crippen LogP contribution in [0.4, 0.5) is 0 Å². The predicted octanol–water partition coefficient (Wildman–Crippen LogP) is 1.67. The molecule has 1 heterocycles. The van der Waals surface area contributed by atoms with Gasteiger partial charge in [-0.05, 0) is 24.4 Å². The second-order valence-electron chi connectivity index (χ2n) is 3.54. The highest BCUT2D eigenvalue weighted by Gasteiger charge is 2.06. The highest BCUT2D eigenvalue weighted by atomic mass is 32.1. The molecule has 0 radical (unpaired) electrons. The van der Waals surface area contributed by atoms with Crippen LogP contribution in [-0.4, -0.2) is 15.8 Å². The molecule has 4 nitrogen and oxygen atoms in total. The minimum absolute atomic E-state index is 0.137. The van der Waals surface area contributed by atoms with E-state index in [1.165, 1.54) is 0 Å². The van der Waals surface area contributed by atoms with Gasteiger partial charge in [-0.1, -0.05) is 30.3 Å². The van der Waals surface area contributed by atoms with Gasteiger partial charge in [0.25, 0.3) is 0 Å². The highest BCUT2D eigenvalue weighted by Crippen LogP contribution is 2.09. The van der Waals surface area contributed by atoms with Crippen LogP contribution < -0.4 is 11.2 Å². The fourth-order valence-corrected chi connectivity index (χ4v) is 1.56. The molecular weight excluding hydrogens is 244 g/mol. The maximum absolute atomic E-state index is 5.40. The molecule has 0 spiro atoms. The van der Waals surface area contributed by atoms with Crippen LogP contribution in [0.25, 0.3) is 0 Å². The minimum Gasteiger partial charge on any atom is -0.375 e. The molecule has 90 valence electrons. The van der Waals surface area contributed by atoms with Crippen LogP contribution in [0.5, 0.6) is 0 Å². The largest absolute Gasteiger partial charge is 0.375 e. The van der Waals surface area contributed by atoms with Gasteiger partial charge in [0.15, 0.2) is 5.11 Å². The zero-order valence-corrected chi connectivity index (χ0v) is 10.4. The molecule has 0 bridgehead atoms. The van der Waals surface area contributed by atoms with E-state index in [-0.39, 0.29) is 5.11 Å². The summed E-state index contributed by atoms with van der Waals surface area (Å²) in [6.07, 6.45) is 3.43. The van der Waals surface area contributed by atoms with Gasteiger partial charge in [-0.15, -0.1) is 0 Å². The fraction of sp³-hybridized carbons (Fsp3) is 0. The minimum atomic E-state index is 0.137. The number of thiocarbonyl (C=S) groups is 1. The molecule has 2 rings (SSSR count). The molecule has 0 unspecified atom stereocenters. The second-order valence-corrected chi connectivity index (χ2v) is 3.98. The number of aromatic nitrogens is 1. The van der Waals surface area contributed by atoms with Gasteiger partial charge in [-0.2, -0.15) is 5.10 Å². The van der Waals surface area contributed by atoms with Crippen molar-refractivity contribution in [2.24, 2.45) is 10.8 Å². The topological polar surface area (TPSA) is 63.3 Å². The van der Waals surface area contributed by atoms with E-state index in [1.807, 2.05) is 42.5 Å². The maximum atomic E-state index is 5.40. The quantitative estimate of drug-likeness (QED) is 0.498. The van der Waals surface area contributed by atoms with E-state index in [0.717, 1.165) is 16.8 Å². The van der Waals surface area contributed by atoms with Gasteiger partial charge < -0.3 is 5.73 Å². The lowest BCUT2D eigenvalue weighted by Crippen LogP contribution is -2.26. The van der Waals surface area contributed by atoms with E-state index < -0.39 is 0 Å². The summed E-state index contributed by atoms with van der Waals surface area (Å²) in [6.45, 7) is 0. The van der Waals surface area contributed by atoms with E-state index in [4.69, 9.17) is 18.0 Å². The Bertz CT molecular complexity index is 510.